The lowest BCUT2D eigenvalue weighted by Crippen LogP contribution is -2.39. The molecule has 1 unspecified atom stereocenters. The third kappa shape index (κ3) is 3.87. The number of benzene rings is 1. The number of carbonyl (C=O) groups is 1. The summed E-state index contributed by atoms with van der Waals surface area (Å²) >= 11 is 1.68. The van der Waals surface area contributed by atoms with Gasteiger partial charge in [0.15, 0.2) is 0 Å². The Hall–Kier alpha value is -1.53. The summed E-state index contributed by atoms with van der Waals surface area (Å²) in [4.78, 5) is 17.2. The van der Waals surface area contributed by atoms with Gasteiger partial charge >= 0.3 is 0 Å². The number of hydrogen-bond acceptors (Lipinski definition) is 4. The second-order valence-electron chi connectivity index (χ2n) is 6.05. The second kappa shape index (κ2) is 7.36. The highest BCUT2D eigenvalue weighted by atomic mass is 32.2. The van der Waals surface area contributed by atoms with E-state index in [4.69, 9.17) is 10.1 Å². The van der Waals surface area contributed by atoms with Gasteiger partial charge in [0, 0.05) is 24.3 Å². The predicted molar refractivity (Wildman–Crippen MR) is 93.7 cm³/mol. The smallest absolute Gasteiger partial charge is 0.240 e. The van der Waals surface area contributed by atoms with Crippen molar-refractivity contribution in [2.45, 2.75) is 37.8 Å². The molecule has 5 nitrogen and oxygen atoms in total. The topological polar surface area (TPSA) is 67.2 Å². The minimum absolute atomic E-state index is 0.0115. The van der Waals surface area contributed by atoms with Crippen LogP contribution >= 0.6 is 11.8 Å². The van der Waals surface area contributed by atoms with Crippen LogP contribution in [0.5, 0.6) is 0 Å². The number of hydrogen-bond donors (Lipinski definition) is 2. The molecule has 2 aromatic rings. The van der Waals surface area contributed by atoms with E-state index in [1.54, 1.807) is 11.8 Å². The highest BCUT2D eigenvalue weighted by Crippen LogP contribution is 2.40. The molecule has 1 aliphatic carbocycles. The summed E-state index contributed by atoms with van der Waals surface area (Å²) in [5, 5.41) is 12.2. The summed E-state index contributed by atoms with van der Waals surface area (Å²) in [6, 6.07) is 8.00. The Morgan fingerprint density at radius 2 is 2.26 bits per heavy atom. The van der Waals surface area contributed by atoms with Gasteiger partial charge in [0.2, 0.25) is 5.91 Å². The zero-order valence-electron chi connectivity index (χ0n) is 13.4. The Kier molecular flexibility index (Phi) is 5.23. The van der Waals surface area contributed by atoms with Gasteiger partial charge in [-0.25, -0.2) is 4.98 Å². The van der Waals surface area contributed by atoms with Crippen molar-refractivity contribution in [2.75, 3.05) is 18.6 Å². The predicted octanol–water partition coefficient (Wildman–Crippen LogP) is 2.14. The molecule has 0 bridgehead atoms. The highest BCUT2D eigenvalue weighted by molar-refractivity contribution is 7.98. The largest absolute Gasteiger partial charge is 0.396 e. The number of aliphatic hydroxyl groups excluding tert-OH is 1. The van der Waals surface area contributed by atoms with Crippen molar-refractivity contribution in [1.82, 2.24) is 14.9 Å². The first-order chi connectivity index (χ1) is 11.2. The lowest BCUT2D eigenvalue weighted by atomic mass is 10.2. The van der Waals surface area contributed by atoms with Crippen molar-refractivity contribution < 1.29 is 9.90 Å². The molecule has 1 fully saturated rings. The van der Waals surface area contributed by atoms with Gasteiger partial charge < -0.3 is 15.0 Å². The monoisotopic (exact) mass is 333 g/mol. The van der Waals surface area contributed by atoms with Crippen LogP contribution in [0, 0.1) is 0 Å². The van der Waals surface area contributed by atoms with Crippen molar-refractivity contribution in [3.8, 4) is 0 Å². The number of amides is 1. The van der Waals surface area contributed by atoms with Crippen LogP contribution in [0.3, 0.4) is 0 Å². The number of aromatic nitrogens is 2. The number of fused-ring (bicyclic) bond motifs is 1. The highest BCUT2D eigenvalue weighted by Gasteiger charge is 2.30. The summed E-state index contributed by atoms with van der Waals surface area (Å²) in [7, 11) is 0. The van der Waals surface area contributed by atoms with Gasteiger partial charge in [-0.3, -0.25) is 4.79 Å². The van der Waals surface area contributed by atoms with Gasteiger partial charge in [-0.15, -0.1) is 0 Å². The standard InChI is InChI=1S/C17H23N3O2S/c1-23-11-13(8-9-21)18-16(22)10-20-15-5-3-2-4-14(15)19-17(20)12-6-7-12/h2-5,12-13,21H,6-11H2,1H3,(H,18,22). The van der Waals surface area contributed by atoms with Crippen LogP contribution in [0.2, 0.25) is 0 Å². The van der Waals surface area contributed by atoms with Crippen LogP contribution in [0.15, 0.2) is 24.3 Å². The van der Waals surface area contributed by atoms with Crippen molar-refractivity contribution in [1.29, 1.82) is 0 Å². The fourth-order valence-electron chi connectivity index (χ4n) is 2.88. The van der Waals surface area contributed by atoms with E-state index in [2.05, 4.69) is 9.88 Å². The molecule has 3 rings (SSSR count). The molecule has 2 N–H and O–H groups in total. The first-order valence-corrected chi connectivity index (χ1v) is 9.46. The summed E-state index contributed by atoms with van der Waals surface area (Å²) in [6.45, 7) is 0.384. The van der Waals surface area contributed by atoms with E-state index < -0.39 is 0 Å². The summed E-state index contributed by atoms with van der Waals surface area (Å²) in [5.74, 6) is 2.33. The zero-order valence-corrected chi connectivity index (χ0v) is 14.2. The van der Waals surface area contributed by atoms with Gasteiger partial charge in [-0.2, -0.15) is 11.8 Å². The first kappa shape index (κ1) is 16.3. The van der Waals surface area contributed by atoms with E-state index >= 15 is 0 Å². The second-order valence-corrected chi connectivity index (χ2v) is 6.96. The van der Waals surface area contributed by atoms with E-state index in [0.717, 1.165) is 35.5 Å². The molecule has 1 atom stereocenters. The zero-order chi connectivity index (χ0) is 16.2. The maximum Gasteiger partial charge on any atom is 0.240 e. The Labute approximate surface area is 140 Å². The number of rotatable bonds is 8. The molecule has 23 heavy (non-hydrogen) atoms. The maximum absolute atomic E-state index is 12.5. The Morgan fingerprint density at radius 3 is 2.96 bits per heavy atom. The number of carbonyl (C=O) groups excluding carboxylic acids is 1. The number of nitrogens with one attached hydrogen (secondary N) is 1. The average molecular weight is 333 g/mol. The number of imidazole rings is 1. The minimum atomic E-state index is -0.0115. The Balaban J connectivity index is 1.77. The van der Waals surface area contributed by atoms with Crippen LogP contribution in [0.25, 0.3) is 11.0 Å². The number of nitrogens with zero attached hydrogens (tertiary/aromatic N) is 2. The third-order valence-electron chi connectivity index (χ3n) is 4.14. The molecule has 0 saturated heterocycles. The van der Waals surface area contributed by atoms with Gasteiger partial charge in [0.05, 0.1) is 11.0 Å². The van der Waals surface area contributed by atoms with E-state index in [-0.39, 0.29) is 18.6 Å². The molecule has 1 amide bonds. The van der Waals surface area contributed by atoms with Gasteiger partial charge in [-0.1, -0.05) is 12.1 Å². The fraction of sp³-hybridized carbons (Fsp3) is 0.529. The molecule has 1 aromatic heterocycles. The van der Waals surface area contributed by atoms with Gasteiger partial charge in [-0.05, 0) is 37.7 Å². The van der Waals surface area contributed by atoms with Crippen LogP contribution in [0.4, 0.5) is 0 Å². The molecule has 1 heterocycles. The van der Waals surface area contributed by atoms with E-state index in [1.807, 2.05) is 30.5 Å². The van der Waals surface area contributed by atoms with Crippen molar-refractivity contribution >= 4 is 28.7 Å². The van der Waals surface area contributed by atoms with E-state index in [1.165, 1.54) is 0 Å². The van der Waals surface area contributed by atoms with Crippen molar-refractivity contribution in [3.63, 3.8) is 0 Å². The molecular weight excluding hydrogens is 310 g/mol. The summed E-state index contributed by atoms with van der Waals surface area (Å²) in [5.41, 5.74) is 1.98. The molecule has 0 aliphatic heterocycles. The Bertz CT molecular complexity index is 676. The molecule has 1 saturated carbocycles. The fourth-order valence-corrected chi connectivity index (χ4v) is 3.54. The average Bonchev–Trinajstić information content (AvgIpc) is 3.31. The molecule has 6 heteroatoms. The molecule has 0 radical (unpaired) electrons. The molecule has 124 valence electrons. The first-order valence-electron chi connectivity index (χ1n) is 8.07. The van der Waals surface area contributed by atoms with E-state index in [0.29, 0.717) is 18.9 Å². The lowest BCUT2D eigenvalue weighted by Gasteiger charge is -2.17. The quantitative estimate of drug-likeness (QED) is 0.777. The summed E-state index contributed by atoms with van der Waals surface area (Å²) < 4.78 is 2.05. The molecular formula is C17H23N3O2S. The van der Waals surface area contributed by atoms with Crippen LogP contribution in [-0.2, 0) is 11.3 Å². The van der Waals surface area contributed by atoms with Crippen LogP contribution in [-0.4, -0.2) is 45.2 Å². The van der Waals surface area contributed by atoms with Gasteiger partial charge in [0.25, 0.3) is 0 Å². The van der Waals surface area contributed by atoms with Crippen LogP contribution in [0.1, 0.15) is 31.0 Å². The van der Waals surface area contributed by atoms with Gasteiger partial charge in [0.1, 0.15) is 12.4 Å². The van der Waals surface area contributed by atoms with Crippen LogP contribution < -0.4 is 5.32 Å². The van der Waals surface area contributed by atoms with Crippen molar-refractivity contribution in [3.05, 3.63) is 30.1 Å². The summed E-state index contributed by atoms with van der Waals surface area (Å²) in [6.07, 6.45) is 4.91. The molecule has 0 spiro atoms. The van der Waals surface area contributed by atoms with Crippen molar-refractivity contribution in [2.24, 2.45) is 0 Å². The molecule has 1 aliphatic rings. The third-order valence-corrected chi connectivity index (χ3v) is 4.87. The normalized spacial score (nSPS) is 15.7. The Morgan fingerprint density at radius 1 is 1.48 bits per heavy atom. The van der Waals surface area contributed by atoms with E-state index in [9.17, 15) is 4.79 Å². The SMILES string of the molecule is CSCC(CCO)NC(=O)Cn1c(C2CC2)nc2ccccc21. The minimum Gasteiger partial charge on any atom is -0.396 e. The lowest BCUT2D eigenvalue weighted by molar-refractivity contribution is -0.122. The molecule has 1 aromatic carbocycles. The number of aliphatic hydroxyl groups is 1. The number of para-hydroxylation sites is 2. The number of thioether (sulfide) groups is 1. The maximum atomic E-state index is 12.5.